The summed E-state index contributed by atoms with van der Waals surface area (Å²) >= 11 is 0. The summed E-state index contributed by atoms with van der Waals surface area (Å²) in [5.41, 5.74) is -0.870. The maximum absolute atomic E-state index is 12.4. The number of nitrogens with zero attached hydrogens (tertiary/aromatic N) is 5. The van der Waals surface area contributed by atoms with Gasteiger partial charge < -0.3 is 5.11 Å². The molecule has 0 atom stereocenters. The Bertz CT molecular complexity index is 660. The highest BCUT2D eigenvalue weighted by molar-refractivity contribution is 5.84. The Hall–Kier alpha value is -2.78. The molecule has 1 N–H and O–H groups in total. The predicted octanol–water partition coefficient (Wildman–Crippen LogP) is 2.07. The van der Waals surface area contributed by atoms with E-state index in [4.69, 9.17) is 5.11 Å². The van der Waals surface area contributed by atoms with Crippen molar-refractivity contribution in [2.75, 3.05) is 11.9 Å². The minimum Gasteiger partial charge on any atom is -0.465 e. The monoisotopic (exact) mass is 299 g/mol. The molecular weight excluding hydrogens is 291 g/mol. The molecule has 0 spiro atoms. The smallest absolute Gasteiger partial charge is 0.419 e. The number of hydrogen-bond acceptors (Lipinski definition) is 5. The molecule has 0 radical (unpaired) electrons. The van der Waals surface area contributed by atoms with E-state index in [1.54, 1.807) is 0 Å². The molecule has 21 heavy (non-hydrogen) atoms. The van der Waals surface area contributed by atoms with Crippen LogP contribution < -0.4 is 4.90 Å². The molecule has 2 rings (SSSR count). The Morgan fingerprint density at radius 2 is 1.81 bits per heavy atom. The van der Waals surface area contributed by atoms with Crippen molar-refractivity contribution in [1.29, 1.82) is 0 Å². The topological polar surface area (TPSA) is 92.1 Å². The molecule has 0 aromatic carbocycles. The largest absolute Gasteiger partial charge is 0.465 e. The van der Waals surface area contributed by atoms with Gasteiger partial charge in [-0.05, 0) is 0 Å². The van der Waals surface area contributed by atoms with Gasteiger partial charge in [-0.2, -0.15) is 13.2 Å². The highest BCUT2D eigenvalue weighted by Gasteiger charge is 2.31. The van der Waals surface area contributed by atoms with Crippen molar-refractivity contribution < 1.29 is 23.1 Å². The van der Waals surface area contributed by atoms with Gasteiger partial charge in [-0.3, -0.25) is 4.90 Å². The number of hydrogen-bond donors (Lipinski definition) is 1. The van der Waals surface area contributed by atoms with Crippen LogP contribution >= 0.6 is 0 Å². The summed E-state index contributed by atoms with van der Waals surface area (Å²) in [6.07, 6.45) is -3.44. The van der Waals surface area contributed by atoms with E-state index in [1.807, 2.05) is 0 Å². The summed E-state index contributed by atoms with van der Waals surface area (Å²) in [5, 5.41) is 8.83. The van der Waals surface area contributed by atoms with E-state index < -0.39 is 17.8 Å². The molecule has 2 heterocycles. The lowest BCUT2D eigenvalue weighted by Gasteiger charge is -2.12. The molecule has 0 unspecified atom stereocenters. The van der Waals surface area contributed by atoms with Crippen molar-refractivity contribution in [3.63, 3.8) is 0 Å². The van der Waals surface area contributed by atoms with Crippen molar-refractivity contribution in [2.24, 2.45) is 0 Å². The van der Waals surface area contributed by atoms with Gasteiger partial charge in [0, 0.05) is 25.5 Å². The second-order valence-corrected chi connectivity index (χ2v) is 3.90. The first-order chi connectivity index (χ1) is 9.79. The van der Waals surface area contributed by atoms with E-state index in [0.29, 0.717) is 12.4 Å². The number of anilines is 1. The molecule has 2 aromatic rings. The Morgan fingerprint density at radius 3 is 2.33 bits per heavy atom. The molecule has 0 aliphatic heterocycles. The van der Waals surface area contributed by atoms with E-state index in [9.17, 15) is 18.0 Å². The number of rotatable bonds is 2. The molecular formula is C11H8F3N5O2. The molecule has 0 bridgehead atoms. The van der Waals surface area contributed by atoms with Crippen molar-refractivity contribution in [2.45, 2.75) is 6.18 Å². The molecule has 0 aliphatic carbocycles. The number of halogens is 3. The van der Waals surface area contributed by atoms with Gasteiger partial charge in [-0.25, -0.2) is 24.7 Å². The number of aromatic nitrogens is 4. The number of alkyl halides is 3. The van der Waals surface area contributed by atoms with E-state index in [0.717, 1.165) is 11.2 Å². The lowest BCUT2D eigenvalue weighted by Crippen LogP contribution is -2.24. The van der Waals surface area contributed by atoms with Gasteiger partial charge in [0.05, 0.1) is 5.56 Å². The molecule has 0 saturated heterocycles. The molecule has 0 aliphatic rings. The van der Waals surface area contributed by atoms with Crippen molar-refractivity contribution in [1.82, 2.24) is 19.9 Å². The zero-order valence-electron chi connectivity index (χ0n) is 10.5. The van der Waals surface area contributed by atoms with E-state index >= 15 is 0 Å². The first-order valence-corrected chi connectivity index (χ1v) is 5.47. The predicted molar refractivity (Wildman–Crippen MR) is 64.5 cm³/mol. The average molecular weight is 299 g/mol. The van der Waals surface area contributed by atoms with Gasteiger partial charge >= 0.3 is 12.3 Å². The van der Waals surface area contributed by atoms with Crippen LogP contribution in [-0.4, -0.2) is 38.2 Å². The van der Waals surface area contributed by atoms with Gasteiger partial charge in [0.25, 0.3) is 0 Å². The van der Waals surface area contributed by atoms with Crippen LogP contribution in [0.25, 0.3) is 11.5 Å². The summed E-state index contributed by atoms with van der Waals surface area (Å²) in [6.45, 7) is 0. The van der Waals surface area contributed by atoms with Gasteiger partial charge in [-0.1, -0.05) is 0 Å². The van der Waals surface area contributed by atoms with E-state index in [2.05, 4.69) is 19.9 Å². The second-order valence-electron chi connectivity index (χ2n) is 3.90. The highest BCUT2D eigenvalue weighted by atomic mass is 19.4. The second kappa shape index (κ2) is 5.31. The third kappa shape index (κ3) is 3.22. The Labute approximate surface area is 116 Å². The van der Waals surface area contributed by atoms with E-state index in [-0.39, 0.29) is 17.3 Å². The fourth-order valence-electron chi connectivity index (χ4n) is 1.36. The van der Waals surface area contributed by atoms with Crippen molar-refractivity contribution in [3.8, 4) is 11.5 Å². The zero-order chi connectivity index (χ0) is 15.6. The van der Waals surface area contributed by atoms with Crippen LogP contribution in [0, 0.1) is 0 Å². The molecule has 7 nitrogen and oxygen atoms in total. The summed E-state index contributed by atoms with van der Waals surface area (Å²) in [6, 6.07) is 1.26. The van der Waals surface area contributed by atoms with Crippen LogP contribution in [0.15, 0.2) is 24.8 Å². The van der Waals surface area contributed by atoms with Gasteiger partial charge in [0.1, 0.15) is 17.8 Å². The first kappa shape index (κ1) is 14.6. The Morgan fingerprint density at radius 1 is 1.19 bits per heavy atom. The molecule has 0 fully saturated rings. The van der Waals surface area contributed by atoms with Crippen molar-refractivity contribution in [3.05, 3.63) is 30.4 Å². The summed E-state index contributed by atoms with van der Waals surface area (Å²) in [7, 11) is 1.27. The Balaban J connectivity index is 2.34. The van der Waals surface area contributed by atoms with E-state index in [1.165, 1.54) is 13.1 Å². The van der Waals surface area contributed by atoms with Crippen LogP contribution in [0.1, 0.15) is 5.56 Å². The number of carboxylic acid groups (broad SMARTS) is 1. The van der Waals surface area contributed by atoms with Crippen LogP contribution in [-0.2, 0) is 6.18 Å². The maximum atomic E-state index is 12.4. The Kier molecular flexibility index (Phi) is 3.70. The zero-order valence-corrected chi connectivity index (χ0v) is 10.5. The lowest BCUT2D eigenvalue weighted by atomic mass is 10.3. The van der Waals surface area contributed by atoms with Gasteiger partial charge in [0.15, 0.2) is 5.82 Å². The summed E-state index contributed by atoms with van der Waals surface area (Å²) in [5.74, 6) is -0.0126. The van der Waals surface area contributed by atoms with Gasteiger partial charge in [-0.15, -0.1) is 0 Å². The SMILES string of the molecule is CN(C(=O)O)c1cc(-c2ncc(C(F)(F)F)cn2)ncn1. The molecule has 2 aromatic heterocycles. The normalized spacial score (nSPS) is 11.2. The number of amides is 1. The standard InChI is InChI=1S/C11H8F3N5O2/c1-19(10(20)21)8-2-7(17-5-18-8)9-15-3-6(4-16-9)11(12,13)14/h2-5H,1H3,(H,20,21). The first-order valence-electron chi connectivity index (χ1n) is 5.47. The van der Waals surface area contributed by atoms with Crippen LogP contribution in [0.2, 0.25) is 0 Å². The third-order valence-corrected chi connectivity index (χ3v) is 2.49. The van der Waals surface area contributed by atoms with Crippen LogP contribution in [0.4, 0.5) is 23.8 Å². The third-order valence-electron chi connectivity index (χ3n) is 2.49. The minimum absolute atomic E-state index is 0.0518. The molecule has 110 valence electrons. The van der Waals surface area contributed by atoms with Crippen LogP contribution in [0.5, 0.6) is 0 Å². The number of carbonyl (C=O) groups is 1. The maximum Gasteiger partial charge on any atom is 0.419 e. The fraction of sp³-hybridized carbons (Fsp3) is 0.182. The van der Waals surface area contributed by atoms with Crippen LogP contribution in [0.3, 0.4) is 0 Å². The molecule has 1 amide bonds. The average Bonchev–Trinajstić information content (AvgIpc) is 2.46. The molecule has 0 saturated carbocycles. The van der Waals surface area contributed by atoms with Gasteiger partial charge in [0.2, 0.25) is 0 Å². The quantitative estimate of drug-likeness (QED) is 0.912. The molecule has 10 heteroatoms. The summed E-state index contributed by atoms with van der Waals surface area (Å²) < 4.78 is 37.2. The minimum atomic E-state index is -4.53. The highest BCUT2D eigenvalue weighted by Crippen LogP contribution is 2.28. The summed E-state index contributed by atoms with van der Waals surface area (Å²) in [4.78, 5) is 26.3. The van der Waals surface area contributed by atoms with Crippen molar-refractivity contribution >= 4 is 11.9 Å². The fourth-order valence-corrected chi connectivity index (χ4v) is 1.36. The lowest BCUT2D eigenvalue weighted by molar-refractivity contribution is -0.138.